The lowest BCUT2D eigenvalue weighted by atomic mass is 10.1. The molecule has 0 radical (unpaired) electrons. The van der Waals surface area contributed by atoms with Gasteiger partial charge in [0.1, 0.15) is 5.82 Å². The van der Waals surface area contributed by atoms with E-state index in [9.17, 15) is 0 Å². The first-order valence-electron chi connectivity index (χ1n) is 5.44. The molecule has 0 amide bonds. The van der Waals surface area contributed by atoms with E-state index in [1.807, 2.05) is 29.7 Å². The van der Waals surface area contributed by atoms with Crippen LogP contribution in [0.5, 0.6) is 0 Å². The molecule has 1 aromatic carbocycles. The lowest BCUT2D eigenvalue weighted by Crippen LogP contribution is -2.04. The summed E-state index contributed by atoms with van der Waals surface area (Å²) in [6.45, 7) is 6.19. The molecule has 0 bridgehead atoms. The number of aromatic nitrogens is 3. The van der Waals surface area contributed by atoms with Gasteiger partial charge in [-0.2, -0.15) is 5.10 Å². The second-order valence-electron chi connectivity index (χ2n) is 4.31. The van der Waals surface area contributed by atoms with Crippen molar-refractivity contribution in [3.05, 3.63) is 39.4 Å². The molecule has 0 aliphatic heterocycles. The highest BCUT2D eigenvalue weighted by atomic mass is 35.5. The minimum absolute atomic E-state index is 0.304. The van der Waals surface area contributed by atoms with Crippen molar-refractivity contribution in [2.24, 2.45) is 0 Å². The predicted molar refractivity (Wildman–Crippen MR) is 72.6 cm³/mol. The second-order valence-corrected chi connectivity index (χ2v) is 5.13. The summed E-state index contributed by atoms with van der Waals surface area (Å²) in [5.74, 6) is 1.23. The molecular formula is C12H14ClN3S. The zero-order chi connectivity index (χ0) is 12.6. The van der Waals surface area contributed by atoms with E-state index < -0.39 is 0 Å². The lowest BCUT2D eigenvalue weighted by molar-refractivity contribution is 0.743. The van der Waals surface area contributed by atoms with Gasteiger partial charge in [0.05, 0.1) is 5.69 Å². The fraction of sp³-hybridized carbons (Fsp3) is 0.333. The van der Waals surface area contributed by atoms with Gasteiger partial charge in [-0.05, 0) is 42.9 Å². The maximum Gasteiger partial charge on any atom is 0.199 e. The van der Waals surface area contributed by atoms with Gasteiger partial charge in [-0.15, -0.1) is 0 Å². The molecule has 2 aromatic rings. The molecule has 1 aromatic heterocycles. The summed E-state index contributed by atoms with van der Waals surface area (Å²) in [4.78, 5) is 0. The summed E-state index contributed by atoms with van der Waals surface area (Å²) >= 11 is 11.2. The Morgan fingerprint density at radius 2 is 2.12 bits per heavy atom. The summed E-state index contributed by atoms with van der Waals surface area (Å²) in [6, 6.07) is 5.76. The van der Waals surface area contributed by atoms with Gasteiger partial charge in [0.2, 0.25) is 0 Å². The highest BCUT2D eigenvalue weighted by Gasteiger charge is 2.13. The van der Waals surface area contributed by atoms with E-state index in [0.717, 1.165) is 22.1 Å². The Morgan fingerprint density at radius 3 is 2.71 bits per heavy atom. The Kier molecular flexibility index (Phi) is 3.35. The van der Waals surface area contributed by atoms with Crippen molar-refractivity contribution in [2.45, 2.75) is 26.7 Å². The third kappa shape index (κ3) is 2.28. The number of hydrogen-bond acceptors (Lipinski definition) is 2. The van der Waals surface area contributed by atoms with Crippen molar-refractivity contribution in [1.82, 2.24) is 14.8 Å². The molecule has 0 spiro atoms. The normalized spacial score (nSPS) is 11.1. The Balaban J connectivity index is 2.68. The number of nitrogens with zero attached hydrogens (tertiary/aromatic N) is 2. The first-order chi connectivity index (χ1) is 8.00. The van der Waals surface area contributed by atoms with Crippen LogP contribution in [0.25, 0.3) is 5.69 Å². The van der Waals surface area contributed by atoms with E-state index in [1.54, 1.807) is 0 Å². The van der Waals surface area contributed by atoms with Crippen molar-refractivity contribution in [1.29, 1.82) is 0 Å². The summed E-state index contributed by atoms with van der Waals surface area (Å²) < 4.78 is 2.57. The number of benzene rings is 1. The number of hydrogen-bond donors (Lipinski definition) is 1. The molecule has 5 heteroatoms. The lowest BCUT2D eigenvalue weighted by Gasteiger charge is -2.11. The number of H-pyrrole nitrogens is 1. The molecule has 0 saturated carbocycles. The van der Waals surface area contributed by atoms with E-state index in [2.05, 4.69) is 24.0 Å². The van der Waals surface area contributed by atoms with Crippen LogP contribution in [0, 0.1) is 11.7 Å². The van der Waals surface area contributed by atoms with Crippen LogP contribution in [-0.2, 0) is 0 Å². The second kappa shape index (κ2) is 4.63. The largest absolute Gasteiger partial charge is 0.272 e. The highest BCUT2D eigenvalue weighted by molar-refractivity contribution is 7.71. The topological polar surface area (TPSA) is 33.6 Å². The van der Waals surface area contributed by atoms with Crippen molar-refractivity contribution in [3.63, 3.8) is 0 Å². The van der Waals surface area contributed by atoms with E-state index >= 15 is 0 Å². The first-order valence-corrected chi connectivity index (χ1v) is 6.23. The molecular weight excluding hydrogens is 254 g/mol. The van der Waals surface area contributed by atoms with Gasteiger partial charge in [-0.1, -0.05) is 25.4 Å². The van der Waals surface area contributed by atoms with Gasteiger partial charge in [-0.3, -0.25) is 9.67 Å². The zero-order valence-electron chi connectivity index (χ0n) is 9.99. The molecule has 2 rings (SSSR count). The standard InChI is InChI=1S/C12H14ClN3S/c1-7(2)11-14-15-12(17)16(11)10-5-4-9(13)6-8(10)3/h4-7H,1-3H3,(H,15,17). The molecule has 1 N–H and O–H groups in total. The molecule has 3 nitrogen and oxygen atoms in total. The molecule has 17 heavy (non-hydrogen) atoms. The van der Waals surface area contributed by atoms with Gasteiger partial charge < -0.3 is 0 Å². The first kappa shape index (κ1) is 12.3. The molecule has 0 aliphatic carbocycles. The Bertz CT molecular complexity index is 598. The van der Waals surface area contributed by atoms with Crippen LogP contribution in [0.3, 0.4) is 0 Å². The van der Waals surface area contributed by atoms with Crippen molar-refractivity contribution >= 4 is 23.8 Å². The summed E-state index contributed by atoms with van der Waals surface area (Å²) in [5, 5.41) is 7.84. The monoisotopic (exact) mass is 267 g/mol. The average Bonchev–Trinajstić information content (AvgIpc) is 2.60. The van der Waals surface area contributed by atoms with Gasteiger partial charge >= 0.3 is 0 Å². The minimum Gasteiger partial charge on any atom is -0.272 e. The van der Waals surface area contributed by atoms with Gasteiger partial charge in [0.25, 0.3) is 0 Å². The van der Waals surface area contributed by atoms with E-state index in [1.165, 1.54) is 0 Å². The number of nitrogens with one attached hydrogen (secondary N) is 1. The Hall–Kier alpha value is -1.13. The van der Waals surface area contributed by atoms with Crippen LogP contribution < -0.4 is 0 Å². The Morgan fingerprint density at radius 1 is 1.41 bits per heavy atom. The predicted octanol–water partition coefficient (Wildman–Crippen LogP) is 4.02. The minimum atomic E-state index is 0.304. The van der Waals surface area contributed by atoms with Crippen molar-refractivity contribution in [3.8, 4) is 5.69 Å². The van der Waals surface area contributed by atoms with Crippen LogP contribution in [0.2, 0.25) is 5.02 Å². The quantitative estimate of drug-likeness (QED) is 0.834. The van der Waals surface area contributed by atoms with Crippen LogP contribution in [0.15, 0.2) is 18.2 Å². The molecule has 0 fully saturated rings. The molecule has 0 aliphatic rings. The zero-order valence-corrected chi connectivity index (χ0v) is 11.6. The van der Waals surface area contributed by atoms with Crippen LogP contribution >= 0.6 is 23.8 Å². The van der Waals surface area contributed by atoms with Crippen molar-refractivity contribution in [2.75, 3.05) is 0 Å². The fourth-order valence-corrected chi connectivity index (χ4v) is 2.26. The fourth-order valence-electron chi connectivity index (χ4n) is 1.80. The van der Waals surface area contributed by atoms with Gasteiger partial charge in [0, 0.05) is 10.9 Å². The smallest absolute Gasteiger partial charge is 0.199 e. The third-order valence-electron chi connectivity index (χ3n) is 2.61. The summed E-state index contributed by atoms with van der Waals surface area (Å²) in [5.41, 5.74) is 2.11. The Labute approximate surface area is 110 Å². The third-order valence-corrected chi connectivity index (χ3v) is 3.12. The molecule has 0 unspecified atom stereocenters. The SMILES string of the molecule is Cc1cc(Cl)ccc1-n1c(C(C)C)n[nH]c1=S. The van der Waals surface area contributed by atoms with Crippen LogP contribution in [0.1, 0.15) is 31.2 Å². The van der Waals surface area contributed by atoms with E-state index in [4.69, 9.17) is 23.8 Å². The number of halogens is 1. The number of rotatable bonds is 2. The van der Waals surface area contributed by atoms with Crippen LogP contribution in [-0.4, -0.2) is 14.8 Å². The maximum absolute atomic E-state index is 5.96. The molecule has 90 valence electrons. The molecule has 0 saturated heterocycles. The number of aromatic amines is 1. The van der Waals surface area contributed by atoms with Crippen LogP contribution in [0.4, 0.5) is 0 Å². The summed E-state index contributed by atoms with van der Waals surface area (Å²) in [7, 11) is 0. The van der Waals surface area contributed by atoms with E-state index in [-0.39, 0.29) is 0 Å². The number of aryl methyl sites for hydroxylation is 1. The van der Waals surface area contributed by atoms with Gasteiger partial charge in [0.15, 0.2) is 4.77 Å². The molecule has 1 heterocycles. The summed E-state index contributed by atoms with van der Waals surface area (Å²) in [6.07, 6.45) is 0. The van der Waals surface area contributed by atoms with Gasteiger partial charge in [-0.25, -0.2) is 0 Å². The van der Waals surface area contributed by atoms with E-state index in [0.29, 0.717) is 10.7 Å². The van der Waals surface area contributed by atoms with Crippen molar-refractivity contribution < 1.29 is 0 Å². The molecule has 0 atom stereocenters. The maximum atomic E-state index is 5.96. The highest BCUT2D eigenvalue weighted by Crippen LogP contribution is 2.23. The average molecular weight is 268 g/mol.